The Morgan fingerprint density at radius 3 is 2.15 bits per heavy atom. The number of benzene rings is 2. The molecular weight excluding hydrogens is 564 g/mol. The first-order valence-corrected chi connectivity index (χ1v) is 14.9. The van der Waals surface area contributed by atoms with Gasteiger partial charge in [0.15, 0.2) is 6.10 Å². The van der Waals surface area contributed by atoms with E-state index in [1.165, 1.54) is 53.9 Å². The number of hydrogen-bond acceptors (Lipinski definition) is 9. The summed E-state index contributed by atoms with van der Waals surface area (Å²) >= 11 is 2.62. The second-order valence-corrected chi connectivity index (χ2v) is 12.0. The van der Waals surface area contributed by atoms with E-state index in [1.54, 1.807) is 12.1 Å². The average molecular weight is 595 g/mol. The van der Waals surface area contributed by atoms with Crippen LogP contribution in [0.25, 0.3) is 0 Å². The number of thioether (sulfide) groups is 1. The Labute approximate surface area is 246 Å². The first kappa shape index (κ1) is 28.8. The van der Waals surface area contributed by atoms with E-state index < -0.39 is 40.5 Å². The molecule has 0 aliphatic carbocycles. The highest BCUT2D eigenvalue weighted by molar-refractivity contribution is 8.00. The van der Waals surface area contributed by atoms with E-state index in [1.807, 2.05) is 66.0 Å². The van der Waals surface area contributed by atoms with Crippen molar-refractivity contribution in [3.8, 4) is 0 Å². The molecule has 2 aromatic carbocycles. The number of ether oxygens (including phenoxy) is 3. The van der Waals surface area contributed by atoms with Gasteiger partial charge >= 0.3 is 11.9 Å². The number of esters is 2. The number of amides is 2. The second kappa shape index (κ2) is 11.7. The summed E-state index contributed by atoms with van der Waals surface area (Å²) < 4.78 is 17.4. The lowest BCUT2D eigenvalue weighted by Crippen LogP contribution is -2.83. The zero-order chi connectivity index (χ0) is 29.2. The molecule has 1 aromatic heterocycles. The molecule has 2 saturated heterocycles. The quantitative estimate of drug-likeness (QED) is 0.206. The van der Waals surface area contributed by atoms with Crippen LogP contribution >= 0.6 is 23.1 Å². The van der Waals surface area contributed by atoms with Crippen LogP contribution in [-0.2, 0) is 33.4 Å². The van der Waals surface area contributed by atoms with Crippen LogP contribution in [-0.4, -0.2) is 65.8 Å². The number of thiophene rings is 1. The van der Waals surface area contributed by atoms with Crippen molar-refractivity contribution in [2.75, 3.05) is 30.9 Å². The minimum Gasteiger partial charge on any atom is -0.465 e. The number of carbonyl (C=O) groups excluding carboxylic acids is 4. The molecule has 214 valence electrons. The molecule has 0 spiro atoms. The number of anilines is 1. The van der Waals surface area contributed by atoms with Gasteiger partial charge in [-0.15, -0.1) is 23.1 Å². The number of carbonyl (C=O) groups is 4. The van der Waals surface area contributed by atoms with Crippen LogP contribution in [0.1, 0.15) is 31.1 Å². The van der Waals surface area contributed by atoms with Gasteiger partial charge in [0.1, 0.15) is 22.4 Å². The van der Waals surface area contributed by atoms with Crippen molar-refractivity contribution in [3.05, 3.63) is 89.3 Å². The molecule has 5 rings (SSSR count). The van der Waals surface area contributed by atoms with Crippen molar-refractivity contribution >= 4 is 51.9 Å². The zero-order valence-corrected chi connectivity index (χ0v) is 24.5. The van der Waals surface area contributed by atoms with Crippen LogP contribution < -0.4 is 4.90 Å². The fraction of sp³-hybridized carbons (Fsp3) is 0.333. The molecule has 41 heavy (non-hydrogen) atoms. The van der Waals surface area contributed by atoms with Gasteiger partial charge in [-0.3, -0.25) is 24.1 Å². The van der Waals surface area contributed by atoms with Gasteiger partial charge in [0, 0.05) is 33.3 Å². The summed E-state index contributed by atoms with van der Waals surface area (Å²) in [5.41, 5.74) is -1.34. The van der Waals surface area contributed by atoms with Gasteiger partial charge in [-0.05, 0) is 28.6 Å². The summed E-state index contributed by atoms with van der Waals surface area (Å²) in [4.78, 5) is 55.5. The molecule has 2 aliphatic heterocycles. The highest BCUT2D eigenvalue weighted by Crippen LogP contribution is 2.52. The molecule has 0 bridgehead atoms. The van der Waals surface area contributed by atoms with Crippen molar-refractivity contribution < 1.29 is 33.4 Å². The molecule has 2 amide bonds. The maximum Gasteiger partial charge on any atom is 0.319 e. The molecule has 3 atom stereocenters. The number of fused-ring (bicyclic) bond motifs is 1. The maximum atomic E-state index is 14.1. The lowest BCUT2D eigenvalue weighted by Gasteiger charge is -2.61. The summed E-state index contributed by atoms with van der Waals surface area (Å²) in [5.74, 6) is -1.76. The number of hydrogen-bond donors (Lipinski definition) is 0. The lowest BCUT2D eigenvalue weighted by molar-refractivity contribution is -0.196. The lowest BCUT2D eigenvalue weighted by atomic mass is 9.86. The van der Waals surface area contributed by atoms with Crippen molar-refractivity contribution in [2.24, 2.45) is 5.41 Å². The van der Waals surface area contributed by atoms with Crippen LogP contribution in [0, 0.1) is 5.41 Å². The Kier molecular flexibility index (Phi) is 8.21. The second-order valence-electron chi connectivity index (χ2n) is 9.97. The minimum absolute atomic E-state index is 0.0623. The fourth-order valence-corrected chi connectivity index (χ4v) is 7.76. The van der Waals surface area contributed by atoms with Crippen molar-refractivity contribution in [2.45, 2.75) is 31.1 Å². The molecule has 11 heteroatoms. The van der Waals surface area contributed by atoms with Gasteiger partial charge in [-0.1, -0.05) is 60.7 Å². The van der Waals surface area contributed by atoms with E-state index in [2.05, 4.69) is 0 Å². The number of nitrogens with zero attached hydrogens (tertiary/aromatic N) is 2. The summed E-state index contributed by atoms with van der Waals surface area (Å²) in [6.07, 6.45) is -0.709. The molecule has 2 fully saturated rings. The highest BCUT2D eigenvalue weighted by atomic mass is 32.2. The van der Waals surface area contributed by atoms with E-state index in [0.29, 0.717) is 5.00 Å². The zero-order valence-electron chi connectivity index (χ0n) is 22.9. The largest absolute Gasteiger partial charge is 0.465 e. The summed E-state index contributed by atoms with van der Waals surface area (Å²) in [6, 6.07) is 22.3. The predicted molar refractivity (Wildman–Crippen MR) is 155 cm³/mol. The standard InChI is InChI=1S/C30H30N2O7S2/c1-20(33)32(24-15-10-16-40-24)30(37-3)26(35)31-17-29(18-38-21(2)34,19-41-27(30)31)28(36)39-25(22-11-6-4-7-12-22)23-13-8-5-9-14-23/h4-16,25,27H,17-19H2,1-3H3/t27-,29?,30?/m1/s1. The number of methoxy groups -OCH3 is 1. The number of β-lactam (4-membered cyclic amide) rings is 1. The van der Waals surface area contributed by atoms with E-state index in [0.717, 1.165) is 11.1 Å². The highest BCUT2D eigenvalue weighted by Gasteiger charge is 2.71. The monoisotopic (exact) mass is 594 g/mol. The van der Waals surface area contributed by atoms with Gasteiger partial charge in [-0.2, -0.15) is 0 Å². The first-order chi connectivity index (χ1) is 19.7. The first-order valence-electron chi connectivity index (χ1n) is 13.0. The minimum atomic E-state index is -1.56. The van der Waals surface area contributed by atoms with E-state index in [-0.39, 0.29) is 24.8 Å². The van der Waals surface area contributed by atoms with Gasteiger partial charge in [0.25, 0.3) is 11.6 Å². The normalized spacial score (nSPS) is 23.4. The van der Waals surface area contributed by atoms with E-state index >= 15 is 0 Å². The van der Waals surface area contributed by atoms with Crippen LogP contribution in [0.3, 0.4) is 0 Å². The van der Waals surface area contributed by atoms with Gasteiger partial charge in [0.05, 0.1) is 0 Å². The van der Waals surface area contributed by atoms with E-state index in [9.17, 15) is 19.2 Å². The molecule has 2 aliphatic rings. The van der Waals surface area contributed by atoms with Gasteiger partial charge in [-0.25, -0.2) is 0 Å². The average Bonchev–Trinajstić information content (AvgIpc) is 3.52. The van der Waals surface area contributed by atoms with Crippen LogP contribution in [0.15, 0.2) is 78.2 Å². The smallest absolute Gasteiger partial charge is 0.319 e. The third-order valence-corrected chi connectivity index (χ3v) is 9.74. The summed E-state index contributed by atoms with van der Waals surface area (Å²) in [5, 5.41) is 1.82. The molecular formula is C30H30N2O7S2. The molecule has 0 N–H and O–H groups in total. The molecule has 3 aromatic rings. The Hall–Kier alpha value is -3.67. The van der Waals surface area contributed by atoms with E-state index in [4.69, 9.17) is 14.2 Å². The Morgan fingerprint density at radius 1 is 1.00 bits per heavy atom. The van der Waals surface area contributed by atoms with Crippen LogP contribution in [0.2, 0.25) is 0 Å². The third kappa shape index (κ3) is 5.13. The third-order valence-electron chi connectivity index (χ3n) is 7.27. The van der Waals surface area contributed by atoms with Gasteiger partial charge < -0.3 is 19.1 Å². The Balaban J connectivity index is 1.46. The molecule has 2 unspecified atom stereocenters. The Morgan fingerprint density at radius 2 is 1.63 bits per heavy atom. The predicted octanol–water partition coefficient (Wildman–Crippen LogP) is 4.24. The SMILES string of the molecule is COC1(N(C(C)=O)c2cccs2)C(=O)N2CC(COC(C)=O)(C(=O)OC(c3ccccc3)c3ccccc3)CS[C@@H]21. The number of rotatable bonds is 9. The maximum absolute atomic E-state index is 14.1. The van der Waals surface area contributed by atoms with Crippen LogP contribution in [0.4, 0.5) is 5.00 Å². The molecule has 0 radical (unpaired) electrons. The van der Waals surface area contributed by atoms with Crippen molar-refractivity contribution in [1.29, 1.82) is 0 Å². The fourth-order valence-electron chi connectivity index (χ4n) is 5.29. The Bertz CT molecular complexity index is 1380. The topological polar surface area (TPSA) is 102 Å². The van der Waals surface area contributed by atoms with Gasteiger partial charge in [0.2, 0.25) is 5.91 Å². The van der Waals surface area contributed by atoms with Crippen LogP contribution in [0.5, 0.6) is 0 Å². The molecule has 9 nitrogen and oxygen atoms in total. The molecule has 0 saturated carbocycles. The molecule has 3 heterocycles. The van der Waals surface area contributed by atoms with Crippen molar-refractivity contribution in [3.63, 3.8) is 0 Å². The summed E-state index contributed by atoms with van der Waals surface area (Å²) in [6.45, 7) is 2.33. The van der Waals surface area contributed by atoms with Crippen molar-refractivity contribution in [1.82, 2.24) is 4.90 Å². The summed E-state index contributed by atoms with van der Waals surface area (Å²) in [7, 11) is 1.40.